The van der Waals surface area contributed by atoms with Gasteiger partial charge in [-0.1, -0.05) is 59.1 Å². The second-order valence-corrected chi connectivity index (χ2v) is 13.5. The molecule has 2 aromatic rings. The molecule has 0 spiro atoms. The van der Waals surface area contributed by atoms with Gasteiger partial charge in [0.2, 0.25) is 9.84 Å². The van der Waals surface area contributed by atoms with Gasteiger partial charge in [-0.25, -0.2) is 12.6 Å². The molecule has 9 heteroatoms. The molecule has 0 heterocycles. The van der Waals surface area contributed by atoms with E-state index in [0.29, 0.717) is 24.3 Å². The van der Waals surface area contributed by atoms with Crippen molar-refractivity contribution >= 4 is 66.6 Å². The van der Waals surface area contributed by atoms with Gasteiger partial charge < -0.3 is 4.79 Å². The molecule has 4 nitrogen and oxygen atoms in total. The highest BCUT2D eigenvalue weighted by Crippen LogP contribution is 2.86. The van der Waals surface area contributed by atoms with E-state index in [1.165, 1.54) is 0 Å². The van der Waals surface area contributed by atoms with Gasteiger partial charge in [0.1, 0.15) is 6.79 Å². The van der Waals surface area contributed by atoms with Crippen molar-refractivity contribution in [1.82, 2.24) is 0 Å². The largest absolute Gasteiger partial charge is 0.307 e. The Morgan fingerprint density at radius 3 is 2.00 bits per heavy atom. The number of rotatable bonds is 5. The Morgan fingerprint density at radius 1 is 1.00 bits per heavy atom. The Balaban J connectivity index is 0.00000126. The van der Waals surface area contributed by atoms with Crippen LogP contribution in [-0.2, 0) is 25.4 Å². The maximum Gasteiger partial charge on any atom is 0.203 e. The summed E-state index contributed by atoms with van der Waals surface area (Å²) in [7, 11) is -5.09. The summed E-state index contributed by atoms with van der Waals surface area (Å²) in [4.78, 5) is 10.1. The number of halogens is 3. The third kappa shape index (κ3) is 3.30. The topological polar surface area (TPSA) is 68.3 Å². The maximum absolute atomic E-state index is 13.7. The summed E-state index contributed by atoms with van der Waals surface area (Å²) in [6, 6.07) is 13.3. The lowest BCUT2D eigenvalue weighted by atomic mass is 9.76. The molecule has 3 aliphatic rings. The summed E-state index contributed by atoms with van der Waals surface area (Å²) in [5.74, 6) is -0.244. The molecule has 0 saturated heterocycles. The van der Waals surface area contributed by atoms with Gasteiger partial charge in [-0.15, -0.1) is 0 Å². The first-order chi connectivity index (χ1) is 15.6. The van der Waals surface area contributed by atoms with Crippen LogP contribution in [0.3, 0.4) is 0 Å². The molecule has 33 heavy (non-hydrogen) atoms. The highest BCUT2D eigenvalue weighted by molar-refractivity contribution is 9.11. The molecular weight excluding hydrogens is 567 g/mol. The predicted molar refractivity (Wildman–Crippen MR) is 135 cm³/mol. The Kier molecular flexibility index (Phi) is 6.37. The number of carbonyl (C=O) groups excluding carboxylic acids is 1. The van der Waals surface area contributed by atoms with Crippen LogP contribution in [0.5, 0.6) is 0 Å². The van der Waals surface area contributed by atoms with Crippen LogP contribution in [-0.4, -0.2) is 19.4 Å². The van der Waals surface area contributed by atoms with E-state index in [0.717, 1.165) is 11.3 Å². The van der Waals surface area contributed by atoms with E-state index < -0.39 is 26.1 Å². The average molecular weight is 588 g/mol. The van der Waals surface area contributed by atoms with E-state index in [9.17, 15) is 12.6 Å². The van der Waals surface area contributed by atoms with Crippen LogP contribution in [0, 0.1) is 22.7 Å². The van der Waals surface area contributed by atoms with Gasteiger partial charge in [-0.3, -0.25) is 0 Å². The standard InChI is InChI=1S/C23H19BrCl2O3S2.CH2O/c1-3-23-18-17(30(27)15-8-4-13(25)5-9-15)12-22(23,2)21(24)20(19(18)23)31(28,29)16-10-6-14(26)7-11-16;1-2/h4-12,18-19H,3H2,1-2H3;1H2. The third-order valence-corrected chi connectivity index (χ3v) is 12.7. The zero-order valence-corrected chi connectivity index (χ0v) is 22.6. The summed E-state index contributed by atoms with van der Waals surface area (Å²) in [5, 5.41) is 1.07. The Hall–Kier alpha value is -1.25. The molecule has 5 rings (SSSR count). The smallest absolute Gasteiger partial charge is 0.203 e. The van der Waals surface area contributed by atoms with Gasteiger partial charge in [0, 0.05) is 41.6 Å². The Morgan fingerprint density at radius 2 is 1.52 bits per heavy atom. The maximum atomic E-state index is 13.7. The molecule has 3 aliphatic carbocycles. The van der Waals surface area contributed by atoms with Crippen LogP contribution in [0.15, 0.2) is 78.7 Å². The minimum absolute atomic E-state index is 0.0580. The van der Waals surface area contributed by atoms with Crippen molar-refractivity contribution in [1.29, 1.82) is 0 Å². The summed E-state index contributed by atoms with van der Waals surface area (Å²) in [6.45, 7) is 6.15. The summed E-state index contributed by atoms with van der Waals surface area (Å²) < 4.78 is 41.5. The van der Waals surface area contributed by atoms with Crippen LogP contribution >= 0.6 is 39.1 Å². The summed E-state index contributed by atoms with van der Waals surface area (Å²) in [5.41, 5.74) is -0.776. The molecule has 2 aromatic carbocycles. The average Bonchev–Trinajstić information content (AvgIpc) is 3.35. The molecular formula is C24H21BrCl2O4S2. The summed E-state index contributed by atoms with van der Waals surface area (Å²) in [6.07, 6.45) is 2.84. The van der Waals surface area contributed by atoms with Crippen molar-refractivity contribution in [2.24, 2.45) is 22.7 Å². The quantitative estimate of drug-likeness (QED) is 0.397. The van der Waals surface area contributed by atoms with Crippen LogP contribution in [0.4, 0.5) is 0 Å². The lowest BCUT2D eigenvalue weighted by molar-refractivity contribution is -0.0980. The highest BCUT2D eigenvalue weighted by atomic mass is 79.9. The molecule has 0 bridgehead atoms. The lowest BCUT2D eigenvalue weighted by Crippen LogP contribution is -2.23. The van der Waals surface area contributed by atoms with Crippen LogP contribution in [0.2, 0.25) is 10.0 Å². The highest BCUT2D eigenvalue weighted by Gasteiger charge is 2.82. The fourth-order valence-corrected chi connectivity index (χ4v) is 10.8. The van der Waals surface area contributed by atoms with Gasteiger partial charge in [0.15, 0.2) is 0 Å². The van der Waals surface area contributed by atoms with E-state index in [4.69, 9.17) is 28.0 Å². The van der Waals surface area contributed by atoms with Crippen LogP contribution in [0.1, 0.15) is 20.3 Å². The predicted octanol–water partition coefficient (Wildman–Crippen LogP) is 6.56. The number of carbonyl (C=O) groups is 1. The number of hydrogen-bond donors (Lipinski definition) is 0. The molecule has 5 atom stereocenters. The number of hydrogen-bond acceptors (Lipinski definition) is 4. The number of benzene rings is 2. The van der Waals surface area contributed by atoms with Crippen molar-refractivity contribution in [2.45, 2.75) is 30.1 Å². The Bertz CT molecular complexity index is 1320. The number of allylic oxidation sites excluding steroid dienone is 4. The third-order valence-electron chi connectivity index (χ3n) is 7.23. The van der Waals surface area contributed by atoms with Gasteiger partial charge in [-0.2, -0.15) is 0 Å². The van der Waals surface area contributed by atoms with E-state index in [1.807, 2.05) is 12.9 Å². The molecule has 5 unspecified atom stereocenters. The van der Waals surface area contributed by atoms with Gasteiger partial charge in [-0.05, 0) is 60.4 Å². The van der Waals surface area contributed by atoms with E-state index in [-0.39, 0.29) is 22.1 Å². The fourth-order valence-electron chi connectivity index (χ4n) is 5.75. The molecule has 0 amide bonds. The molecule has 0 aliphatic heterocycles. The Labute approximate surface area is 214 Å². The first-order valence-corrected chi connectivity index (χ1v) is 14.4. The van der Waals surface area contributed by atoms with Crippen LogP contribution in [0.25, 0.3) is 0 Å². The molecule has 0 N–H and O–H groups in total. The second-order valence-electron chi connectivity index (χ2n) is 8.46. The van der Waals surface area contributed by atoms with Gasteiger partial charge in [0.05, 0.1) is 20.6 Å². The first kappa shape index (κ1) is 24.9. The van der Waals surface area contributed by atoms with Crippen LogP contribution < -0.4 is 0 Å². The van der Waals surface area contributed by atoms with E-state index in [1.54, 1.807) is 48.5 Å². The first-order valence-electron chi connectivity index (χ1n) is 10.2. The SMILES string of the molecule is C=O.CCC12C3C(S(=O)c4ccc(Cl)cc4)=CC1(C)C(Br)=C(S(=O)(=O)c1ccc(Cl)cc1)C32. The van der Waals surface area contributed by atoms with Gasteiger partial charge in [0.25, 0.3) is 0 Å². The monoisotopic (exact) mass is 586 g/mol. The number of sulfone groups is 1. The normalized spacial score (nSPS) is 30.3. The molecule has 174 valence electrons. The zero-order valence-electron chi connectivity index (χ0n) is 17.8. The minimum atomic E-state index is -3.72. The molecule has 0 radical (unpaired) electrons. The minimum Gasteiger partial charge on any atom is -0.307 e. The van der Waals surface area contributed by atoms with Crippen molar-refractivity contribution in [2.75, 3.05) is 0 Å². The lowest BCUT2D eigenvalue weighted by Gasteiger charge is -2.30. The van der Waals surface area contributed by atoms with Gasteiger partial charge >= 0.3 is 0 Å². The van der Waals surface area contributed by atoms with Crippen molar-refractivity contribution in [3.05, 3.63) is 78.9 Å². The summed E-state index contributed by atoms with van der Waals surface area (Å²) >= 11 is 15.6. The van der Waals surface area contributed by atoms with E-state index >= 15 is 0 Å². The van der Waals surface area contributed by atoms with Crippen molar-refractivity contribution in [3.63, 3.8) is 0 Å². The fraction of sp³-hybridized carbons (Fsp3) is 0.292. The molecule has 1 fully saturated rings. The molecule has 0 aromatic heterocycles. The van der Waals surface area contributed by atoms with E-state index in [2.05, 4.69) is 29.8 Å². The second kappa shape index (κ2) is 8.45. The number of fused-ring (bicyclic) bond motifs is 1. The van der Waals surface area contributed by atoms with Crippen molar-refractivity contribution < 1.29 is 17.4 Å². The zero-order chi connectivity index (χ0) is 24.3. The molecule has 1 saturated carbocycles. The van der Waals surface area contributed by atoms with Crippen molar-refractivity contribution in [3.8, 4) is 0 Å².